The van der Waals surface area contributed by atoms with Crippen molar-refractivity contribution in [3.05, 3.63) is 18.5 Å². The molecule has 3 heteroatoms. The van der Waals surface area contributed by atoms with Crippen molar-refractivity contribution < 1.29 is 0 Å². The van der Waals surface area contributed by atoms with Crippen molar-refractivity contribution in [3.8, 4) is 0 Å². The van der Waals surface area contributed by atoms with Gasteiger partial charge >= 0.3 is 0 Å². The zero-order chi connectivity index (χ0) is 11.4. The fourth-order valence-electron chi connectivity index (χ4n) is 2.56. The molecule has 0 bridgehead atoms. The van der Waals surface area contributed by atoms with Gasteiger partial charge in [0.05, 0.1) is 0 Å². The normalized spacial score (nSPS) is 20.4. The van der Waals surface area contributed by atoms with Gasteiger partial charge in [-0.05, 0) is 45.1 Å². The van der Waals surface area contributed by atoms with Crippen LogP contribution < -0.4 is 5.32 Å². The molecular formula is C13H23N3. The van der Waals surface area contributed by atoms with Crippen molar-refractivity contribution in [2.75, 3.05) is 0 Å². The van der Waals surface area contributed by atoms with Gasteiger partial charge in [-0.15, -0.1) is 0 Å². The van der Waals surface area contributed by atoms with Crippen LogP contribution in [0.3, 0.4) is 0 Å². The third-order valence-electron chi connectivity index (χ3n) is 3.89. The largest absolute Gasteiger partial charge is 0.309 e. The van der Waals surface area contributed by atoms with E-state index in [1.807, 2.05) is 23.1 Å². The number of nitrogens with zero attached hydrogens (tertiary/aromatic N) is 2. The molecule has 1 aromatic heterocycles. The molecule has 0 saturated heterocycles. The third kappa shape index (κ3) is 2.64. The Labute approximate surface area is 98.2 Å². The van der Waals surface area contributed by atoms with Crippen LogP contribution in [0.15, 0.2) is 18.5 Å². The Morgan fingerprint density at radius 2 is 2.31 bits per heavy atom. The lowest BCUT2D eigenvalue weighted by Crippen LogP contribution is -2.54. The molecule has 1 atom stereocenters. The Bertz CT molecular complexity index is 295. The molecule has 1 N–H and O–H groups in total. The number of hydrogen-bond acceptors (Lipinski definition) is 2. The second-order valence-corrected chi connectivity index (χ2v) is 5.09. The second-order valence-electron chi connectivity index (χ2n) is 5.09. The van der Waals surface area contributed by atoms with Crippen LogP contribution in [-0.4, -0.2) is 21.4 Å². The zero-order valence-electron chi connectivity index (χ0n) is 10.4. The average molecular weight is 221 g/mol. The quantitative estimate of drug-likeness (QED) is 0.800. The van der Waals surface area contributed by atoms with Crippen LogP contribution in [0.1, 0.15) is 46.0 Å². The van der Waals surface area contributed by atoms with Crippen LogP contribution in [0.4, 0.5) is 0 Å². The van der Waals surface area contributed by atoms with Gasteiger partial charge < -0.3 is 5.32 Å². The van der Waals surface area contributed by atoms with Gasteiger partial charge in [0.15, 0.2) is 0 Å². The monoisotopic (exact) mass is 221 g/mol. The summed E-state index contributed by atoms with van der Waals surface area (Å²) in [7, 11) is 0. The maximum absolute atomic E-state index is 4.23. The molecule has 0 amide bonds. The van der Waals surface area contributed by atoms with Gasteiger partial charge in [-0.3, -0.25) is 4.68 Å². The van der Waals surface area contributed by atoms with Crippen molar-refractivity contribution in [3.63, 3.8) is 0 Å². The molecular weight excluding hydrogens is 198 g/mol. The van der Waals surface area contributed by atoms with Crippen molar-refractivity contribution in [1.29, 1.82) is 0 Å². The smallest absolute Gasteiger partial charge is 0.0489 e. The fourth-order valence-corrected chi connectivity index (χ4v) is 2.56. The van der Waals surface area contributed by atoms with E-state index in [1.54, 1.807) is 0 Å². The number of aryl methyl sites for hydroxylation is 1. The van der Waals surface area contributed by atoms with Crippen molar-refractivity contribution in [2.24, 2.45) is 0 Å². The van der Waals surface area contributed by atoms with Gasteiger partial charge in [-0.2, -0.15) is 5.10 Å². The number of hydrogen-bond donors (Lipinski definition) is 1. The van der Waals surface area contributed by atoms with Gasteiger partial charge in [0.25, 0.3) is 0 Å². The minimum atomic E-state index is 0.462. The van der Waals surface area contributed by atoms with E-state index >= 15 is 0 Å². The van der Waals surface area contributed by atoms with Gasteiger partial charge in [-0.25, -0.2) is 0 Å². The van der Waals surface area contributed by atoms with Gasteiger partial charge in [0, 0.05) is 30.5 Å². The summed E-state index contributed by atoms with van der Waals surface area (Å²) in [5.41, 5.74) is 0.462. The average Bonchev–Trinajstić information content (AvgIpc) is 2.73. The molecule has 3 nitrogen and oxygen atoms in total. The highest BCUT2D eigenvalue weighted by molar-refractivity contribution is 4.96. The SMILES string of the molecule is CCC1(NC(C)CCn2cccn2)CCC1. The highest BCUT2D eigenvalue weighted by Crippen LogP contribution is 2.35. The van der Waals surface area contributed by atoms with Gasteiger partial charge in [-0.1, -0.05) is 6.92 Å². The van der Waals surface area contributed by atoms with E-state index in [1.165, 1.54) is 25.7 Å². The van der Waals surface area contributed by atoms with Crippen LogP contribution in [0.2, 0.25) is 0 Å². The summed E-state index contributed by atoms with van der Waals surface area (Å²) in [6, 6.07) is 2.57. The Morgan fingerprint density at radius 3 is 2.81 bits per heavy atom. The summed E-state index contributed by atoms with van der Waals surface area (Å²) in [6.45, 7) is 5.60. The molecule has 1 saturated carbocycles. The molecule has 1 unspecified atom stereocenters. The first kappa shape index (κ1) is 11.6. The van der Waals surface area contributed by atoms with E-state index < -0.39 is 0 Å². The lowest BCUT2D eigenvalue weighted by atomic mass is 9.74. The number of nitrogens with one attached hydrogen (secondary N) is 1. The van der Waals surface area contributed by atoms with Gasteiger partial charge in [0.2, 0.25) is 0 Å². The Hall–Kier alpha value is -0.830. The zero-order valence-corrected chi connectivity index (χ0v) is 10.4. The van der Waals surface area contributed by atoms with Crippen LogP contribution in [0.25, 0.3) is 0 Å². The predicted octanol–water partition coefficient (Wildman–Crippen LogP) is 2.58. The highest BCUT2D eigenvalue weighted by atomic mass is 15.3. The molecule has 1 heterocycles. The summed E-state index contributed by atoms with van der Waals surface area (Å²) in [4.78, 5) is 0. The third-order valence-corrected chi connectivity index (χ3v) is 3.89. The van der Waals surface area contributed by atoms with E-state index in [4.69, 9.17) is 0 Å². The number of rotatable bonds is 6. The van der Waals surface area contributed by atoms with Gasteiger partial charge in [0.1, 0.15) is 0 Å². The van der Waals surface area contributed by atoms with Crippen LogP contribution in [0.5, 0.6) is 0 Å². The molecule has 16 heavy (non-hydrogen) atoms. The lowest BCUT2D eigenvalue weighted by Gasteiger charge is -2.44. The van der Waals surface area contributed by atoms with E-state index in [9.17, 15) is 0 Å². The minimum absolute atomic E-state index is 0.462. The molecule has 2 rings (SSSR count). The Kier molecular flexibility index (Phi) is 3.64. The molecule has 0 aromatic carbocycles. The molecule has 0 spiro atoms. The summed E-state index contributed by atoms with van der Waals surface area (Å²) >= 11 is 0. The Morgan fingerprint density at radius 1 is 1.50 bits per heavy atom. The fraction of sp³-hybridized carbons (Fsp3) is 0.769. The molecule has 1 aliphatic carbocycles. The first-order valence-electron chi connectivity index (χ1n) is 6.49. The van der Waals surface area contributed by atoms with E-state index in [2.05, 4.69) is 24.3 Å². The molecule has 1 fully saturated rings. The summed E-state index contributed by atoms with van der Waals surface area (Å²) in [5, 5.41) is 8.03. The molecule has 0 radical (unpaired) electrons. The van der Waals surface area contributed by atoms with Crippen molar-refractivity contribution in [2.45, 2.75) is 64.1 Å². The molecule has 0 aliphatic heterocycles. The standard InChI is InChI=1S/C13H23N3/c1-3-13(7-4-8-13)15-12(2)6-11-16-10-5-9-14-16/h5,9-10,12,15H,3-4,6-8,11H2,1-2H3. The Balaban J connectivity index is 1.73. The van der Waals surface area contributed by atoms with E-state index in [0.29, 0.717) is 11.6 Å². The summed E-state index contributed by atoms with van der Waals surface area (Å²) < 4.78 is 2.01. The molecule has 1 aromatic rings. The molecule has 1 aliphatic rings. The first-order valence-corrected chi connectivity index (χ1v) is 6.49. The van der Waals surface area contributed by atoms with Crippen LogP contribution >= 0.6 is 0 Å². The first-order chi connectivity index (χ1) is 7.74. The maximum atomic E-state index is 4.23. The topological polar surface area (TPSA) is 29.9 Å². The van der Waals surface area contributed by atoms with E-state index in [-0.39, 0.29) is 0 Å². The van der Waals surface area contributed by atoms with Crippen molar-refractivity contribution >= 4 is 0 Å². The second kappa shape index (κ2) is 5.00. The highest BCUT2D eigenvalue weighted by Gasteiger charge is 2.35. The van der Waals surface area contributed by atoms with Crippen molar-refractivity contribution in [1.82, 2.24) is 15.1 Å². The van der Waals surface area contributed by atoms with Crippen LogP contribution in [-0.2, 0) is 6.54 Å². The molecule has 90 valence electrons. The summed E-state index contributed by atoms with van der Waals surface area (Å²) in [6.07, 6.45) is 10.4. The van der Waals surface area contributed by atoms with Crippen LogP contribution in [0, 0.1) is 0 Å². The summed E-state index contributed by atoms with van der Waals surface area (Å²) in [5.74, 6) is 0. The van der Waals surface area contributed by atoms with E-state index in [0.717, 1.165) is 13.0 Å². The lowest BCUT2D eigenvalue weighted by molar-refractivity contribution is 0.155. The minimum Gasteiger partial charge on any atom is -0.309 e. The number of aromatic nitrogens is 2. The predicted molar refractivity (Wildman–Crippen MR) is 66.3 cm³/mol. The maximum Gasteiger partial charge on any atom is 0.0489 e.